The Kier molecular flexibility index (Phi) is 44.7. The summed E-state index contributed by atoms with van der Waals surface area (Å²) in [6.07, 6.45) is 42.5. The average molecular weight is 630 g/mol. The van der Waals surface area contributed by atoms with Gasteiger partial charge in [0.05, 0.1) is 0 Å². The standard InChI is InChI=1S/2C18H34O2.Zn/c2*1-2-3-4-5-6-7-8-9-10-11-12-13-14-15-16-17-18(19)20;/h2*11-12H,2-10,13-17H2,1H3,(H,19,20);. The van der Waals surface area contributed by atoms with Gasteiger partial charge in [-0.25, -0.2) is 0 Å². The van der Waals surface area contributed by atoms with Gasteiger partial charge in [-0.3, -0.25) is 9.59 Å². The van der Waals surface area contributed by atoms with Crippen molar-refractivity contribution >= 4 is 11.9 Å². The van der Waals surface area contributed by atoms with E-state index in [9.17, 15) is 9.59 Å². The maximum atomic E-state index is 10.3. The first-order chi connectivity index (χ1) is 19.5. The number of carboxylic acid groups (broad SMARTS) is 2. The fraction of sp³-hybridized carbons (Fsp3) is 0.833. The maximum absolute atomic E-state index is 10.3. The molecule has 0 aliphatic carbocycles. The second-order valence-corrected chi connectivity index (χ2v) is 11.5. The quantitative estimate of drug-likeness (QED) is 0.0471. The minimum absolute atomic E-state index is 0. The number of hydrogen-bond acceptors (Lipinski definition) is 2. The molecule has 0 bridgehead atoms. The van der Waals surface area contributed by atoms with E-state index in [2.05, 4.69) is 38.2 Å². The first-order valence-corrected chi connectivity index (χ1v) is 17.3. The molecule has 0 atom stereocenters. The molecule has 0 amide bonds. The van der Waals surface area contributed by atoms with Crippen LogP contribution in [0.25, 0.3) is 0 Å². The molecule has 0 radical (unpaired) electrons. The Hall–Kier alpha value is -0.957. The number of hydrogen-bond donors (Lipinski definition) is 2. The van der Waals surface area contributed by atoms with Gasteiger partial charge < -0.3 is 10.2 Å². The van der Waals surface area contributed by atoms with Gasteiger partial charge in [-0.15, -0.1) is 0 Å². The number of rotatable bonds is 30. The van der Waals surface area contributed by atoms with Crippen LogP contribution in [0.2, 0.25) is 0 Å². The minimum Gasteiger partial charge on any atom is -0.481 e. The molecule has 41 heavy (non-hydrogen) atoms. The van der Waals surface area contributed by atoms with Gasteiger partial charge in [0.15, 0.2) is 0 Å². The van der Waals surface area contributed by atoms with Crippen LogP contribution in [-0.2, 0) is 29.1 Å². The number of carboxylic acids is 2. The van der Waals surface area contributed by atoms with Crippen LogP contribution in [0.15, 0.2) is 24.3 Å². The molecule has 238 valence electrons. The summed E-state index contributed by atoms with van der Waals surface area (Å²) < 4.78 is 0. The van der Waals surface area contributed by atoms with Gasteiger partial charge in [-0.1, -0.05) is 141 Å². The fourth-order valence-electron chi connectivity index (χ4n) is 4.69. The molecule has 0 rings (SSSR count). The van der Waals surface area contributed by atoms with Gasteiger partial charge in [0.2, 0.25) is 0 Å². The van der Waals surface area contributed by atoms with Crippen LogP contribution in [0, 0.1) is 0 Å². The van der Waals surface area contributed by atoms with Gasteiger partial charge in [0.25, 0.3) is 0 Å². The van der Waals surface area contributed by atoms with Crippen LogP contribution in [0.4, 0.5) is 0 Å². The second kappa shape index (κ2) is 41.2. The zero-order chi connectivity index (χ0) is 29.8. The molecule has 0 fully saturated rings. The largest absolute Gasteiger partial charge is 0.481 e. The van der Waals surface area contributed by atoms with Crippen LogP contribution in [0.5, 0.6) is 0 Å². The van der Waals surface area contributed by atoms with E-state index in [0.29, 0.717) is 12.8 Å². The molecule has 0 heterocycles. The third-order valence-corrected chi connectivity index (χ3v) is 7.30. The first-order valence-electron chi connectivity index (χ1n) is 17.3. The molecule has 0 aromatic carbocycles. The minimum atomic E-state index is -0.671. The molecule has 0 aromatic rings. The van der Waals surface area contributed by atoms with Crippen molar-refractivity contribution in [2.45, 2.75) is 194 Å². The van der Waals surface area contributed by atoms with Gasteiger partial charge in [0, 0.05) is 32.3 Å². The second-order valence-electron chi connectivity index (χ2n) is 11.5. The van der Waals surface area contributed by atoms with E-state index < -0.39 is 11.9 Å². The van der Waals surface area contributed by atoms with Crippen LogP contribution in [0.3, 0.4) is 0 Å². The van der Waals surface area contributed by atoms with Crippen LogP contribution in [0.1, 0.15) is 194 Å². The predicted octanol–water partition coefficient (Wildman–Crippen LogP) is 12.2. The molecule has 0 spiro atoms. The molecule has 0 saturated heterocycles. The van der Waals surface area contributed by atoms with Gasteiger partial charge in [-0.05, 0) is 64.2 Å². The summed E-state index contributed by atoms with van der Waals surface area (Å²) in [4.78, 5) is 20.6. The third-order valence-electron chi connectivity index (χ3n) is 7.30. The first kappa shape index (κ1) is 44.5. The topological polar surface area (TPSA) is 74.6 Å². The summed E-state index contributed by atoms with van der Waals surface area (Å²) in [7, 11) is 0. The average Bonchev–Trinajstić information content (AvgIpc) is 2.93. The smallest absolute Gasteiger partial charge is 0.303 e. The summed E-state index contributed by atoms with van der Waals surface area (Å²) >= 11 is 0. The number of unbranched alkanes of at least 4 members (excludes halogenated alkanes) is 22. The molecule has 0 aliphatic heterocycles. The van der Waals surface area contributed by atoms with Crippen LogP contribution in [-0.4, -0.2) is 22.2 Å². The van der Waals surface area contributed by atoms with Crippen molar-refractivity contribution in [2.24, 2.45) is 0 Å². The maximum Gasteiger partial charge on any atom is 0.303 e. The van der Waals surface area contributed by atoms with E-state index in [1.165, 1.54) is 116 Å². The van der Waals surface area contributed by atoms with Crippen molar-refractivity contribution < 1.29 is 39.3 Å². The third kappa shape index (κ3) is 49.1. The van der Waals surface area contributed by atoms with Crippen LogP contribution >= 0.6 is 0 Å². The van der Waals surface area contributed by atoms with Crippen molar-refractivity contribution in [3.8, 4) is 0 Å². The van der Waals surface area contributed by atoms with E-state index in [1.54, 1.807) is 0 Å². The summed E-state index contributed by atoms with van der Waals surface area (Å²) in [5.41, 5.74) is 0. The van der Waals surface area contributed by atoms with E-state index >= 15 is 0 Å². The molecule has 5 heteroatoms. The SMILES string of the molecule is CCCCCCCCCCC=CCCCCCC(=O)O.CCCCCCCCCCC=CCCCCCC(=O)O.[Zn]. The van der Waals surface area contributed by atoms with Gasteiger partial charge in [0.1, 0.15) is 0 Å². The molecule has 0 unspecified atom stereocenters. The van der Waals surface area contributed by atoms with Crippen molar-refractivity contribution in [3.05, 3.63) is 24.3 Å². The molecule has 0 aromatic heterocycles. The molecular weight excluding hydrogens is 562 g/mol. The Morgan fingerprint density at radius 1 is 0.390 bits per heavy atom. The number of aliphatic carboxylic acids is 2. The van der Waals surface area contributed by atoms with E-state index in [1.807, 2.05) is 0 Å². The van der Waals surface area contributed by atoms with Gasteiger partial charge >= 0.3 is 11.9 Å². The predicted molar refractivity (Wildman–Crippen MR) is 174 cm³/mol. The number of allylic oxidation sites excluding steroid dienone is 4. The Bertz CT molecular complexity index is 524. The zero-order valence-corrected chi connectivity index (χ0v) is 30.5. The Morgan fingerprint density at radius 2 is 0.610 bits per heavy atom. The van der Waals surface area contributed by atoms with Crippen molar-refractivity contribution in [1.82, 2.24) is 0 Å². The normalized spacial score (nSPS) is 11.0. The van der Waals surface area contributed by atoms with Crippen molar-refractivity contribution in [3.63, 3.8) is 0 Å². The summed E-state index contributed by atoms with van der Waals surface area (Å²) in [6, 6.07) is 0. The molecule has 0 saturated carbocycles. The molecular formula is C36H68O4Zn. The summed E-state index contributed by atoms with van der Waals surface area (Å²) in [5, 5.41) is 17.0. The molecule has 2 N–H and O–H groups in total. The molecule has 4 nitrogen and oxygen atoms in total. The molecule has 0 aliphatic rings. The van der Waals surface area contributed by atoms with E-state index in [4.69, 9.17) is 10.2 Å². The number of carbonyl (C=O) groups is 2. The van der Waals surface area contributed by atoms with E-state index in [-0.39, 0.29) is 19.5 Å². The summed E-state index contributed by atoms with van der Waals surface area (Å²) in [6.45, 7) is 4.52. The monoisotopic (exact) mass is 628 g/mol. The zero-order valence-electron chi connectivity index (χ0n) is 27.5. The Labute approximate surface area is 268 Å². The van der Waals surface area contributed by atoms with E-state index in [0.717, 1.165) is 51.4 Å². The fourth-order valence-corrected chi connectivity index (χ4v) is 4.69. The summed E-state index contributed by atoms with van der Waals surface area (Å²) in [5.74, 6) is -1.34. The van der Waals surface area contributed by atoms with Crippen LogP contribution < -0.4 is 0 Å². The Morgan fingerprint density at radius 3 is 0.854 bits per heavy atom. The van der Waals surface area contributed by atoms with Gasteiger partial charge in [-0.2, -0.15) is 0 Å². The van der Waals surface area contributed by atoms with Crippen molar-refractivity contribution in [2.75, 3.05) is 0 Å². The van der Waals surface area contributed by atoms with Crippen molar-refractivity contribution in [1.29, 1.82) is 0 Å². The Balaban J connectivity index is -0.000000688.